The molecule has 0 spiro atoms. The molecule has 350 valence electrons. The van der Waals surface area contributed by atoms with Gasteiger partial charge in [0.05, 0.1) is 0 Å². The van der Waals surface area contributed by atoms with E-state index in [4.69, 9.17) is 10.2 Å². The van der Waals surface area contributed by atoms with E-state index in [1.807, 2.05) is 61.5 Å². The molecule has 6 rings (SSSR count). The van der Waals surface area contributed by atoms with Crippen molar-refractivity contribution in [1.82, 2.24) is 0 Å². The van der Waals surface area contributed by atoms with Crippen molar-refractivity contribution < 1.29 is 58.8 Å². The summed E-state index contributed by atoms with van der Waals surface area (Å²) in [6.07, 6.45) is 6.05. The minimum absolute atomic E-state index is 0.197. The van der Waals surface area contributed by atoms with Gasteiger partial charge in [0, 0.05) is 99.0 Å². The molecule has 6 aromatic rings. The minimum atomic E-state index is -1.36. The topological polar surface area (TPSA) is 266 Å². The zero-order valence-corrected chi connectivity index (χ0v) is 37.0. The minimum Gasteiger partial charge on any atom is -0.478 e. The summed E-state index contributed by atoms with van der Waals surface area (Å²) >= 11 is 0. The molecule has 0 radical (unpaired) electrons. The van der Waals surface area contributed by atoms with Crippen LogP contribution in [0, 0.1) is 0 Å². The highest BCUT2D eigenvalue weighted by Gasteiger charge is 2.34. The Labute approximate surface area is 399 Å². The number of para-hydroxylation sites is 2. The second-order valence-corrected chi connectivity index (χ2v) is 15.3. The molecule has 0 saturated carbocycles. The van der Waals surface area contributed by atoms with Gasteiger partial charge >= 0.3 is 23.9 Å². The quantitative estimate of drug-likeness (QED) is 0.0298. The molecule has 0 fully saturated rings. The van der Waals surface area contributed by atoms with Crippen LogP contribution in [0.25, 0.3) is 33.4 Å². The molecule has 0 atom stereocenters. The van der Waals surface area contributed by atoms with E-state index >= 15 is 0 Å². The van der Waals surface area contributed by atoms with Gasteiger partial charge in [0.15, 0.2) is 0 Å². The molecule has 0 heterocycles. The summed E-state index contributed by atoms with van der Waals surface area (Å²) in [5.41, 5.74) is 4.85. The van der Waals surface area contributed by atoms with E-state index in [0.29, 0.717) is 57.7 Å². The number of benzene rings is 6. The fourth-order valence-corrected chi connectivity index (χ4v) is 7.44. The van der Waals surface area contributed by atoms with Crippen LogP contribution >= 0.6 is 0 Å². The van der Waals surface area contributed by atoms with Crippen LogP contribution < -0.4 is 21.3 Å². The second-order valence-electron chi connectivity index (χ2n) is 15.3. The summed E-state index contributed by atoms with van der Waals surface area (Å²) in [6.45, 7) is 1.93. The molecule has 0 aliphatic carbocycles. The third-order valence-electron chi connectivity index (χ3n) is 10.7. The number of carbonyl (C=O) groups excluding carboxylic acids is 4. The Morgan fingerprint density at radius 2 is 0.643 bits per heavy atom. The van der Waals surface area contributed by atoms with Crippen molar-refractivity contribution in [3.05, 3.63) is 205 Å². The Balaban J connectivity index is 1.64. The first-order valence-corrected chi connectivity index (χ1v) is 21.0. The van der Waals surface area contributed by atoms with Gasteiger partial charge in [-0.05, 0) is 71.1 Å². The van der Waals surface area contributed by atoms with E-state index in [-0.39, 0.29) is 22.7 Å². The van der Waals surface area contributed by atoms with Crippen molar-refractivity contribution >= 4 is 70.3 Å². The van der Waals surface area contributed by atoms with Crippen LogP contribution in [-0.2, 0) is 43.8 Å². The van der Waals surface area contributed by atoms with Gasteiger partial charge in [-0.25, -0.2) is 19.2 Å². The Kier molecular flexibility index (Phi) is 15.9. The summed E-state index contributed by atoms with van der Waals surface area (Å²) in [4.78, 5) is 97.5. The van der Waals surface area contributed by atoms with Gasteiger partial charge in [-0.1, -0.05) is 103 Å². The molecule has 0 aliphatic heterocycles. The van der Waals surface area contributed by atoms with Crippen LogP contribution in [0.5, 0.6) is 0 Å². The van der Waals surface area contributed by atoms with Crippen LogP contribution in [0.1, 0.15) is 23.6 Å². The maximum Gasteiger partial charge on any atom is 0.328 e. The van der Waals surface area contributed by atoms with E-state index in [9.17, 15) is 48.6 Å². The lowest BCUT2D eigenvalue weighted by atomic mass is 9.69. The van der Waals surface area contributed by atoms with E-state index in [1.54, 1.807) is 84.9 Å². The lowest BCUT2D eigenvalue weighted by molar-refractivity contribution is -0.132. The van der Waals surface area contributed by atoms with Crippen LogP contribution in [0.2, 0.25) is 0 Å². The van der Waals surface area contributed by atoms with Crippen molar-refractivity contribution in [2.75, 3.05) is 21.3 Å². The Bertz CT molecular complexity index is 2990. The second kappa shape index (κ2) is 22.5. The van der Waals surface area contributed by atoms with E-state index in [1.165, 1.54) is 0 Å². The predicted octanol–water partition coefficient (Wildman–Crippen LogP) is 8.36. The molecule has 16 heteroatoms. The molecular formula is C54H42N4O12. The fraction of sp³-hybridized carbons (Fsp3) is 0.0370. The largest absolute Gasteiger partial charge is 0.478 e. The monoisotopic (exact) mass is 938 g/mol. The van der Waals surface area contributed by atoms with E-state index in [0.717, 1.165) is 41.0 Å². The van der Waals surface area contributed by atoms with Crippen molar-refractivity contribution in [2.45, 2.75) is 12.3 Å². The standard InChI is InChI=1S/C54H42N4O12/c1-54(35-17-15-34(16-18-35)33-9-3-2-4-10-33,36-19-21-44(57-48(61)25-29-52(67)68)40(31-36)38-11-5-7-13-42(38)55-46(59)23-27-50(63)64)37-20-22-45(58-49(62)26-30-53(69)70)41(32-37)39-12-6-8-14-43(39)56-47(60)24-28-51(65)66/h2-32H,1H3,(H,55,59)(H,56,60)(H,57,61)(H,58,62)(H,63,64)(H,65,66)(H,67,68)(H,69,70)/b27-23+,28-24+,29-25+,30-26+. The highest BCUT2D eigenvalue weighted by atomic mass is 16.4. The summed E-state index contributed by atoms with van der Waals surface area (Å²) in [7, 11) is 0. The van der Waals surface area contributed by atoms with Gasteiger partial charge in [0.2, 0.25) is 23.6 Å². The zero-order chi connectivity index (χ0) is 50.4. The maximum atomic E-state index is 13.2. The molecule has 6 aromatic carbocycles. The maximum absolute atomic E-state index is 13.2. The van der Waals surface area contributed by atoms with Crippen LogP contribution in [-0.4, -0.2) is 67.9 Å². The third kappa shape index (κ3) is 12.7. The van der Waals surface area contributed by atoms with Crippen LogP contribution in [0.15, 0.2) is 188 Å². The van der Waals surface area contributed by atoms with Gasteiger partial charge < -0.3 is 41.7 Å². The van der Waals surface area contributed by atoms with Crippen LogP contribution in [0.3, 0.4) is 0 Å². The molecule has 0 aromatic heterocycles. The Morgan fingerprint density at radius 1 is 0.343 bits per heavy atom. The van der Waals surface area contributed by atoms with E-state index in [2.05, 4.69) is 21.3 Å². The number of carboxylic acid groups (broad SMARTS) is 4. The Hall–Kier alpha value is -9.96. The number of hydrogen-bond donors (Lipinski definition) is 8. The van der Waals surface area contributed by atoms with Gasteiger partial charge in [-0.2, -0.15) is 0 Å². The number of carbonyl (C=O) groups is 8. The first-order chi connectivity index (χ1) is 33.5. The molecule has 0 saturated heterocycles. The summed E-state index contributed by atoms with van der Waals surface area (Å²) < 4.78 is 0. The van der Waals surface area contributed by atoms with Gasteiger partial charge in [-0.15, -0.1) is 0 Å². The SMILES string of the molecule is CC(c1ccc(-c2ccccc2)cc1)(c1ccc(NC(=O)/C=C/C(=O)O)c(-c2ccccc2NC(=O)/C=C/C(=O)O)c1)c1ccc(NC(=O)/C=C/C(=O)O)c(-c2ccccc2NC(=O)/C=C/C(=O)O)c1. The molecule has 0 unspecified atom stereocenters. The highest BCUT2D eigenvalue weighted by Crippen LogP contribution is 2.46. The van der Waals surface area contributed by atoms with Gasteiger partial charge in [0.1, 0.15) is 0 Å². The molecule has 0 aliphatic rings. The lowest BCUT2D eigenvalue weighted by Gasteiger charge is -2.34. The summed E-state index contributed by atoms with van der Waals surface area (Å²) in [6, 6.07) is 40.8. The molecule has 0 bridgehead atoms. The number of anilines is 4. The Morgan fingerprint density at radius 3 is 1.00 bits per heavy atom. The number of rotatable bonds is 18. The zero-order valence-electron chi connectivity index (χ0n) is 37.0. The summed E-state index contributed by atoms with van der Waals surface area (Å²) in [5, 5.41) is 47.6. The van der Waals surface area contributed by atoms with Gasteiger partial charge in [0.25, 0.3) is 0 Å². The normalized spacial score (nSPS) is 11.4. The molecule has 8 N–H and O–H groups in total. The van der Waals surface area contributed by atoms with Crippen LogP contribution in [0.4, 0.5) is 22.7 Å². The number of amides is 4. The molecule has 70 heavy (non-hydrogen) atoms. The van der Waals surface area contributed by atoms with Crippen molar-refractivity contribution in [3.63, 3.8) is 0 Å². The average Bonchev–Trinajstić information content (AvgIpc) is 3.34. The molecular weight excluding hydrogens is 897 g/mol. The summed E-state index contributed by atoms with van der Waals surface area (Å²) in [5.74, 6) is -8.51. The number of nitrogens with one attached hydrogen (secondary N) is 4. The lowest BCUT2D eigenvalue weighted by Crippen LogP contribution is -2.26. The highest BCUT2D eigenvalue weighted by molar-refractivity contribution is 6.09. The fourth-order valence-electron chi connectivity index (χ4n) is 7.44. The van der Waals surface area contributed by atoms with Crippen molar-refractivity contribution in [3.8, 4) is 33.4 Å². The number of carboxylic acids is 4. The average molecular weight is 939 g/mol. The van der Waals surface area contributed by atoms with Crippen molar-refractivity contribution in [1.29, 1.82) is 0 Å². The molecule has 16 nitrogen and oxygen atoms in total. The smallest absolute Gasteiger partial charge is 0.328 e. The number of hydrogen-bond acceptors (Lipinski definition) is 8. The van der Waals surface area contributed by atoms with Gasteiger partial charge in [-0.3, -0.25) is 19.2 Å². The number of aliphatic carboxylic acids is 4. The predicted molar refractivity (Wildman–Crippen MR) is 263 cm³/mol. The van der Waals surface area contributed by atoms with E-state index < -0.39 is 52.9 Å². The van der Waals surface area contributed by atoms with Crippen molar-refractivity contribution in [2.24, 2.45) is 0 Å². The first kappa shape index (κ1) is 49.5. The third-order valence-corrected chi connectivity index (χ3v) is 10.7. The first-order valence-electron chi connectivity index (χ1n) is 21.0. The molecule has 4 amide bonds.